The smallest absolute Gasteiger partial charge is 0.412 e. The Hall–Kier alpha value is -2.08. The lowest BCUT2D eigenvalue weighted by molar-refractivity contribution is -0.137. The van der Waals surface area contributed by atoms with Crippen LogP contribution in [0.15, 0.2) is 24.3 Å². The molecule has 0 aliphatic heterocycles. The molecule has 0 saturated heterocycles. The van der Waals surface area contributed by atoms with Crippen molar-refractivity contribution in [3.8, 4) is 5.75 Å². The van der Waals surface area contributed by atoms with Crippen LogP contribution >= 0.6 is 0 Å². The Morgan fingerprint density at radius 2 is 2.04 bits per heavy atom. The lowest BCUT2D eigenvalue weighted by Gasteiger charge is -2.26. The van der Waals surface area contributed by atoms with Crippen LogP contribution in [0.25, 0.3) is 0 Å². The molecule has 6 heteroatoms. The summed E-state index contributed by atoms with van der Waals surface area (Å²) >= 11 is 0. The summed E-state index contributed by atoms with van der Waals surface area (Å²) in [6.07, 6.45) is 0.860. The number of carboxylic acid groups (broad SMARTS) is 1. The topological polar surface area (TPSA) is 78.9 Å². The van der Waals surface area contributed by atoms with E-state index in [-0.39, 0.29) is 13.0 Å². The van der Waals surface area contributed by atoms with Gasteiger partial charge >= 0.3 is 12.1 Å². The van der Waals surface area contributed by atoms with Crippen molar-refractivity contribution >= 4 is 12.1 Å². The summed E-state index contributed by atoms with van der Waals surface area (Å²) in [5.74, 6) is 0.508. The van der Waals surface area contributed by atoms with Gasteiger partial charge in [-0.1, -0.05) is 26.0 Å². The summed E-state index contributed by atoms with van der Waals surface area (Å²) in [6, 6.07) is 7.63. The Bertz CT molecular complexity index is 560. The van der Waals surface area contributed by atoms with Gasteiger partial charge in [-0.3, -0.25) is 4.79 Å². The largest absolute Gasteiger partial charge is 0.481 e. The van der Waals surface area contributed by atoms with Crippen molar-refractivity contribution < 1.29 is 19.4 Å². The zero-order valence-corrected chi connectivity index (χ0v) is 15.6. The number of carbonyl (C=O) groups excluding carboxylic acids is 1. The van der Waals surface area contributed by atoms with Crippen LogP contribution in [0.4, 0.5) is 4.79 Å². The van der Waals surface area contributed by atoms with Crippen molar-refractivity contribution in [3.05, 3.63) is 29.8 Å². The van der Waals surface area contributed by atoms with E-state index in [4.69, 9.17) is 9.84 Å². The van der Waals surface area contributed by atoms with Crippen LogP contribution in [0.2, 0.25) is 0 Å². The Morgan fingerprint density at radius 1 is 1.32 bits per heavy atom. The molecule has 1 aromatic carbocycles. The maximum atomic E-state index is 11.8. The van der Waals surface area contributed by atoms with Crippen LogP contribution < -0.4 is 10.1 Å². The third-order valence-electron chi connectivity index (χ3n) is 4.11. The summed E-state index contributed by atoms with van der Waals surface area (Å²) < 4.78 is 5.31. The molecule has 0 fully saturated rings. The second-order valence-electron chi connectivity index (χ2n) is 6.64. The normalized spacial score (nSPS) is 13.3. The summed E-state index contributed by atoms with van der Waals surface area (Å²) in [5.41, 5.74) is 1.16. The van der Waals surface area contributed by atoms with Crippen molar-refractivity contribution in [1.82, 2.24) is 10.2 Å². The lowest BCUT2D eigenvalue weighted by atomic mass is 9.85. The molecular formula is C19H30N2O4. The van der Waals surface area contributed by atoms with Crippen LogP contribution in [0.1, 0.15) is 44.6 Å². The molecule has 1 aromatic rings. The molecule has 0 aliphatic rings. The summed E-state index contributed by atoms with van der Waals surface area (Å²) in [4.78, 5) is 24.4. The number of nitrogens with zero attached hydrogens (tertiary/aromatic N) is 1. The van der Waals surface area contributed by atoms with Crippen LogP contribution in [-0.2, 0) is 4.79 Å². The highest BCUT2D eigenvalue weighted by Gasteiger charge is 2.19. The SMILES string of the molecule is CCC(c1cccc(OC(=O)NCCCC(=O)O)c1)C(C)CN(C)C. The van der Waals surface area contributed by atoms with Gasteiger partial charge in [-0.15, -0.1) is 0 Å². The molecule has 1 rings (SSSR count). The number of ether oxygens (including phenoxy) is 1. The second-order valence-corrected chi connectivity index (χ2v) is 6.64. The number of hydrogen-bond donors (Lipinski definition) is 2. The van der Waals surface area contributed by atoms with Crippen LogP contribution in [0.5, 0.6) is 5.75 Å². The Kier molecular flexibility index (Phi) is 8.99. The van der Waals surface area contributed by atoms with Gasteiger partial charge in [0.15, 0.2) is 0 Å². The first-order valence-corrected chi connectivity index (χ1v) is 8.75. The summed E-state index contributed by atoms with van der Waals surface area (Å²) in [5, 5.41) is 11.1. The molecule has 25 heavy (non-hydrogen) atoms. The van der Waals surface area contributed by atoms with Gasteiger partial charge in [0.25, 0.3) is 0 Å². The van der Waals surface area contributed by atoms with Crippen molar-refractivity contribution in [2.24, 2.45) is 5.92 Å². The first-order valence-electron chi connectivity index (χ1n) is 8.75. The number of carboxylic acids is 1. The van der Waals surface area contributed by atoms with Gasteiger partial charge in [0.2, 0.25) is 0 Å². The Balaban J connectivity index is 2.63. The molecule has 0 heterocycles. The molecule has 1 amide bonds. The number of carbonyl (C=O) groups is 2. The zero-order chi connectivity index (χ0) is 18.8. The van der Waals surface area contributed by atoms with Crippen molar-refractivity contribution in [1.29, 1.82) is 0 Å². The van der Waals surface area contributed by atoms with E-state index >= 15 is 0 Å². The number of hydrogen-bond acceptors (Lipinski definition) is 4. The number of benzene rings is 1. The average Bonchev–Trinajstić information content (AvgIpc) is 2.52. The minimum atomic E-state index is -0.875. The molecule has 0 aliphatic carbocycles. The minimum absolute atomic E-state index is 0.0255. The number of amides is 1. The van der Waals surface area contributed by atoms with Gasteiger partial charge in [-0.25, -0.2) is 4.79 Å². The van der Waals surface area contributed by atoms with Crippen molar-refractivity contribution in [3.63, 3.8) is 0 Å². The van der Waals surface area contributed by atoms with Crippen LogP contribution in [0.3, 0.4) is 0 Å². The average molecular weight is 350 g/mol. The maximum Gasteiger partial charge on any atom is 0.412 e. The van der Waals surface area contributed by atoms with E-state index in [1.807, 2.05) is 12.1 Å². The van der Waals surface area contributed by atoms with E-state index in [0.717, 1.165) is 18.5 Å². The van der Waals surface area contributed by atoms with E-state index in [0.29, 0.717) is 24.0 Å². The Labute approximate surface area is 150 Å². The molecule has 2 atom stereocenters. The third kappa shape index (κ3) is 8.03. The molecule has 0 bridgehead atoms. The van der Waals surface area contributed by atoms with E-state index in [1.54, 1.807) is 6.07 Å². The molecule has 0 saturated carbocycles. The van der Waals surface area contributed by atoms with Gasteiger partial charge < -0.3 is 20.1 Å². The van der Waals surface area contributed by atoms with Gasteiger partial charge in [-0.2, -0.15) is 0 Å². The highest BCUT2D eigenvalue weighted by molar-refractivity contribution is 5.70. The van der Waals surface area contributed by atoms with Gasteiger partial charge in [0, 0.05) is 19.5 Å². The number of rotatable bonds is 10. The van der Waals surface area contributed by atoms with Crippen molar-refractivity contribution in [2.75, 3.05) is 27.2 Å². The first kappa shape index (κ1) is 21.0. The minimum Gasteiger partial charge on any atom is -0.481 e. The molecule has 140 valence electrons. The standard InChI is InChI=1S/C19H30N2O4/c1-5-17(14(2)13-21(3)4)15-8-6-9-16(12-15)25-19(24)20-11-7-10-18(22)23/h6,8-9,12,14,17H,5,7,10-11,13H2,1-4H3,(H,20,24)(H,22,23). The first-order chi connectivity index (χ1) is 11.8. The fourth-order valence-electron chi connectivity index (χ4n) is 3.05. The molecule has 2 N–H and O–H groups in total. The summed E-state index contributed by atoms with van der Waals surface area (Å²) in [6.45, 7) is 5.67. The highest BCUT2D eigenvalue weighted by atomic mass is 16.6. The third-order valence-corrected chi connectivity index (χ3v) is 4.11. The van der Waals surface area contributed by atoms with Gasteiger partial charge in [0.1, 0.15) is 5.75 Å². The lowest BCUT2D eigenvalue weighted by Crippen LogP contribution is -2.28. The molecule has 6 nitrogen and oxygen atoms in total. The van der Waals surface area contributed by atoms with Gasteiger partial charge in [-0.05, 0) is 56.5 Å². The Morgan fingerprint density at radius 3 is 2.64 bits per heavy atom. The molecular weight excluding hydrogens is 320 g/mol. The maximum absolute atomic E-state index is 11.8. The summed E-state index contributed by atoms with van der Waals surface area (Å²) in [7, 11) is 4.13. The number of nitrogens with one attached hydrogen (secondary N) is 1. The van der Waals surface area contributed by atoms with E-state index in [2.05, 4.69) is 44.2 Å². The van der Waals surface area contributed by atoms with Gasteiger partial charge in [0.05, 0.1) is 0 Å². The number of aliphatic carboxylic acids is 1. The molecule has 0 spiro atoms. The molecule has 0 radical (unpaired) electrons. The fourth-order valence-corrected chi connectivity index (χ4v) is 3.05. The van der Waals surface area contributed by atoms with E-state index in [9.17, 15) is 9.59 Å². The predicted molar refractivity (Wildman–Crippen MR) is 98.1 cm³/mol. The van der Waals surface area contributed by atoms with Crippen LogP contribution in [0, 0.1) is 5.92 Å². The van der Waals surface area contributed by atoms with E-state index < -0.39 is 12.1 Å². The molecule has 2 unspecified atom stereocenters. The van der Waals surface area contributed by atoms with Crippen molar-refractivity contribution in [2.45, 2.75) is 39.0 Å². The van der Waals surface area contributed by atoms with Crippen LogP contribution in [-0.4, -0.2) is 49.3 Å². The van der Waals surface area contributed by atoms with E-state index in [1.165, 1.54) is 0 Å². The predicted octanol–water partition coefficient (Wildman–Crippen LogP) is 3.33. The highest BCUT2D eigenvalue weighted by Crippen LogP contribution is 2.30. The fraction of sp³-hybridized carbons (Fsp3) is 0.579. The second kappa shape index (κ2) is 10.7. The monoisotopic (exact) mass is 350 g/mol. The quantitative estimate of drug-likeness (QED) is 0.633. The zero-order valence-electron chi connectivity index (χ0n) is 15.6. The molecule has 0 aromatic heterocycles.